The number of fused-ring (bicyclic) bond motifs is 3. The van der Waals surface area contributed by atoms with Gasteiger partial charge in [-0.2, -0.15) is 0 Å². The van der Waals surface area contributed by atoms with E-state index in [1.807, 2.05) is 22.2 Å². The summed E-state index contributed by atoms with van der Waals surface area (Å²) in [4.78, 5) is 62.2. The molecule has 11 rings (SSSR count). The van der Waals surface area contributed by atoms with E-state index < -0.39 is 24.6 Å². The SMILES string of the molecule is COC(=O)N[C@H](C(=O)N1[C@@H]2CC[C@@H](C2)[C@H]1c1ncc(-c2ccc(-c3ccc4cc(-c5cnc([C@@H]6CC7(CC7)CN6C(=O)[C@@H](NC(O)OC)C6CCOCC6)[nH]5)ccc4c3)cc2)[nH]1)C1CCOCC1. The van der Waals surface area contributed by atoms with E-state index >= 15 is 0 Å². The monoisotopic (exact) mass is 926 g/mol. The average molecular weight is 927 g/mol. The summed E-state index contributed by atoms with van der Waals surface area (Å²) in [5, 5.41) is 18.6. The van der Waals surface area contributed by atoms with Crippen LogP contribution >= 0.6 is 0 Å². The summed E-state index contributed by atoms with van der Waals surface area (Å²) < 4.78 is 21.3. The topological polar surface area (TPSA) is 196 Å². The van der Waals surface area contributed by atoms with E-state index in [0.29, 0.717) is 51.7 Å². The standard InChI is InChI=1S/C52H62N8O8/c1-65-50(63)57-43(32-13-19-67-20-14-32)48(61)59-29-52(17-18-52)26-42(59)46-53-28-41(55-46)37-10-9-35-23-34(7-8-36(35)24-37)30-3-5-31(6-4-30)40-27-54-47(56-40)45-38-11-12-39(25-38)60(45)49(62)44(58-51(64)66-2)33-15-21-68-22-16-33/h3-10,23-24,27-28,32-33,38-39,42-45,50,57,63H,11-22,25-26,29H2,1-2H3,(H,53,55)(H,54,56)(H,58,64)/t38-,39+,42-,43-,44-,45-,50?/m0/s1. The number of nitrogens with one attached hydrogen (secondary N) is 4. The molecule has 6 heterocycles. The van der Waals surface area contributed by atoms with Crippen molar-refractivity contribution in [1.82, 2.24) is 40.4 Å². The second kappa shape index (κ2) is 18.7. The molecule has 0 radical (unpaired) electrons. The molecule has 3 aromatic carbocycles. The van der Waals surface area contributed by atoms with Crippen molar-refractivity contribution in [2.24, 2.45) is 23.2 Å². The zero-order valence-corrected chi connectivity index (χ0v) is 38.8. The van der Waals surface area contributed by atoms with Crippen LogP contribution in [0.15, 0.2) is 73.1 Å². The van der Waals surface area contributed by atoms with Crippen LogP contribution in [0.25, 0.3) is 44.4 Å². The highest BCUT2D eigenvalue weighted by Gasteiger charge is 2.56. The molecule has 3 amide bonds. The predicted molar refractivity (Wildman–Crippen MR) is 252 cm³/mol. The van der Waals surface area contributed by atoms with Gasteiger partial charge in [0.1, 0.15) is 17.7 Å². The second-order valence-corrected chi connectivity index (χ2v) is 20.1. The molecular formula is C52H62N8O8. The highest BCUT2D eigenvalue weighted by atomic mass is 16.6. The summed E-state index contributed by atoms with van der Waals surface area (Å²) in [6, 6.07) is 19.9. The van der Waals surface area contributed by atoms with Gasteiger partial charge in [-0.25, -0.2) is 14.8 Å². The number of benzene rings is 3. The molecule has 1 unspecified atom stereocenters. The van der Waals surface area contributed by atoms with E-state index in [0.717, 1.165) is 107 Å². The Balaban J connectivity index is 0.779. The minimum Gasteiger partial charge on any atom is -0.453 e. The number of aliphatic hydroxyl groups excluding tert-OH is 1. The molecule has 5 N–H and O–H groups in total. The Hall–Kier alpha value is -5.65. The third-order valence-electron chi connectivity index (χ3n) is 16.1. The normalized spacial score (nSPS) is 24.9. The van der Waals surface area contributed by atoms with Crippen molar-refractivity contribution in [3.8, 4) is 33.6 Å². The first kappa shape index (κ1) is 44.8. The average Bonchev–Trinajstić information content (AvgIpc) is 4.03. The van der Waals surface area contributed by atoms with Crippen LogP contribution in [-0.4, -0.2) is 124 Å². The molecule has 1 spiro atoms. The number of imidazole rings is 2. The lowest BCUT2D eigenvalue weighted by molar-refractivity contribution is -0.147. The van der Waals surface area contributed by atoms with Gasteiger partial charge < -0.3 is 49.1 Å². The minimum atomic E-state index is -1.24. The number of aromatic nitrogens is 4. The molecule has 16 heteroatoms. The van der Waals surface area contributed by atoms with Gasteiger partial charge in [-0.05, 0) is 127 Å². The van der Waals surface area contributed by atoms with Crippen molar-refractivity contribution in [2.75, 3.05) is 47.2 Å². The summed E-state index contributed by atoms with van der Waals surface area (Å²) in [5.74, 6) is 1.79. The maximum atomic E-state index is 14.4. The Morgan fingerprint density at radius 1 is 0.750 bits per heavy atom. The van der Waals surface area contributed by atoms with Crippen LogP contribution in [0.2, 0.25) is 0 Å². The smallest absolute Gasteiger partial charge is 0.407 e. The van der Waals surface area contributed by atoms with Crippen LogP contribution in [0, 0.1) is 23.2 Å². The lowest BCUT2D eigenvalue weighted by atomic mass is 9.89. The number of carbonyl (C=O) groups is 3. The number of hydrogen-bond acceptors (Lipinski definition) is 11. The molecule has 2 bridgehead atoms. The summed E-state index contributed by atoms with van der Waals surface area (Å²) in [6.07, 6.45) is 10.8. The number of aliphatic hydroxyl groups is 1. The van der Waals surface area contributed by atoms with E-state index in [4.69, 9.17) is 28.9 Å². The Labute approximate surface area is 395 Å². The fraction of sp³-hybridized carbons (Fsp3) is 0.519. The quantitative estimate of drug-likeness (QED) is 0.0775. The van der Waals surface area contributed by atoms with Crippen LogP contribution in [0.1, 0.15) is 87.9 Å². The molecule has 68 heavy (non-hydrogen) atoms. The zero-order chi connectivity index (χ0) is 46.5. The van der Waals surface area contributed by atoms with Crippen molar-refractivity contribution in [3.05, 3.63) is 84.7 Å². The van der Waals surface area contributed by atoms with Crippen molar-refractivity contribution < 1.29 is 38.4 Å². The number of hydrogen-bond donors (Lipinski definition) is 5. The number of carbonyl (C=O) groups excluding carboxylic acids is 3. The summed E-state index contributed by atoms with van der Waals surface area (Å²) in [5.41, 5.74) is 6.13. The lowest BCUT2D eigenvalue weighted by Gasteiger charge is -2.39. The number of methoxy groups -OCH3 is 2. The van der Waals surface area contributed by atoms with E-state index in [9.17, 15) is 19.5 Å². The van der Waals surface area contributed by atoms with Gasteiger partial charge in [0.25, 0.3) is 0 Å². The van der Waals surface area contributed by atoms with Crippen molar-refractivity contribution >= 4 is 28.7 Å². The number of ether oxygens (including phenoxy) is 4. The first-order chi connectivity index (χ1) is 33.2. The number of rotatable bonds is 13. The van der Waals surface area contributed by atoms with Gasteiger partial charge in [0.15, 0.2) is 0 Å². The number of aromatic amines is 2. The van der Waals surface area contributed by atoms with Crippen molar-refractivity contribution in [1.29, 1.82) is 0 Å². The first-order valence-electron chi connectivity index (χ1n) is 24.5. The predicted octanol–water partition coefficient (Wildman–Crippen LogP) is 6.85. The van der Waals surface area contributed by atoms with Gasteiger partial charge in [-0.1, -0.05) is 48.5 Å². The molecular weight excluding hydrogens is 865 g/mol. The van der Waals surface area contributed by atoms with E-state index in [1.165, 1.54) is 14.2 Å². The summed E-state index contributed by atoms with van der Waals surface area (Å²) in [7, 11) is 2.75. The number of likely N-dealkylation sites (tertiary alicyclic amines) is 2. The van der Waals surface area contributed by atoms with Crippen molar-refractivity contribution in [3.63, 3.8) is 0 Å². The molecule has 6 aliphatic rings. The Morgan fingerprint density at radius 2 is 1.35 bits per heavy atom. The second-order valence-electron chi connectivity index (χ2n) is 20.1. The van der Waals surface area contributed by atoms with Crippen LogP contribution in [-0.2, 0) is 28.5 Å². The molecule has 4 saturated heterocycles. The molecule has 2 aliphatic carbocycles. The molecule has 358 valence electrons. The van der Waals surface area contributed by atoms with Crippen LogP contribution < -0.4 is 10.6 Å². The Morgan fingerprint density at radius 3 is 2.03 bits per heavy atom. The molecule has 2 aromatic heterocycles. The zero-order valence-electron chi connectivity index (χ0n) is 38.8. The van der Waals surface area contributed by atoms with Gasteiger partial charge >= 0.3 is 6.09 Å². The summed E-state index contributed by atoms with van der Waals surface area (Å²) in [6.45, 7) is 3.00. The Bertz CT molecular complexity index is 2630. The number of H-pyrrole nitrogens is 2. The molecule has 7 atom stereocenters. The highest BCUT2D eigenvalue weighted by Crippen LogP contribution is 2.58. The Kier molecular flexibility index (Phi) is 12.3. The lowest BCUT2D eigenvalue weighted by Crippen LogP contribution is -2.55. The largest absolute Gasteiger partial charge is 0.453 e. The minimum absolute atomic E-state index is 0.0220. The van der Waals surface area contributed by atoms with Crippen molar-refractivity contribution in [2.45, 2.75) is 101 Å². The van der Waals surface area contributed by atoms with Crippen LogP contribution in [0.3, 0.4) is 0 Å². The molecule has 5 aromatic rings. The maximum Gasteiger partial charge on any atom is 0.407 e. The number of alkyl carbamates (subject to hydrolysis) is 1. The highest BCUT2D eigenvalue weighted by molar-refractivity contribution is 5.91. The fourth-order valence-corrected chi connectivity index (χ4v) is 12.1. The molecule has 16 nitrogen and oxygen atoms in total. The van der Waals surface area contributed by atoms with Gasteiger partial charge in [-0.3, -0.25) is 14.9 Å². The molecule has 6 fully saturated rings. The molecule has 2 saturated carbocycles. The third kappa shape index (κ3) is 8.70. The number of amides is 3. The first-order valence-corrected chi connectivity index (χ1v) is 24.5. The van der Waals surface area contributed by atoms with Gasteiger partial charge in [-0.15, -0.1) is 0 Å². The number of nitrogens with zero attached hydrogens (tertiary/aromatic N) is 4. The van der Waals surface area contributed by atoms with Gasteiger partial charge in [0.05, 0.1) is 49.0 Å². The van der Waals surface area contributed by atoms with Gasteiger partial charge in [0, 0.05) is 51.7 Å². The summed E-state index contributed by atoms with van der Waals surface area (Å²) >= 11 is 0. The number of piperidine rings is 1. The maximum absolute atomic E-state index is 14.4. The van der Waals surface area contributed by atoms with Gasteiger partial charge in [0.2, 0.25) is 18.2 Å². The third-order valence-corrected chi connectivity index (χ3v) is 16.1. The van der Waals surface area contributed by atoms with E-state index in [2.05, 4.69) is 81.3 Å². The molecule has 4 aliphatic heterocycles. The van der Waals surface area contributed by atoms with Crippen LogP contribution in [0.4, 0.5) is 4.79 Å². The van der Waals surface area contributed by atoms with E-state index in [1.54, 1.807) is 0 Å². The fourth-order valence-electron chi connectivity index (χ4n) is 12.1. The van der Waals surface area contributed by atoms with Crippen LogP contribution in [0.5, 0.6) is 0 Å². The van der Waals surface area contributed by atoms with E-state index in [-0.39, 0.29) is 47.2 Å².